The highest BCUT2D eigenvalue weighted by molar-refractivity contribution is 7.15. The molecule has 0 radical (unpaired) electrons. The van der Waals surface area contributed by atoms with E-state index in [9.17, 15) is 0 Å². The first-order chi connectivity index (χ1) is 14.0. The van der Waals surface area contributed by atoms with E-state index in [1.54, 1.807) is 11.3 Å². The average Bonchev–Trinajstić information content (AvgIpc) is 3.39. The lowest BCUT2D eigenvalue weighted by Gasteiger charge is -2.26. The lowest BCUT2D eigenvalue weighted by molar-refractivity contribution is -0.632. The molecule has 0 saturated heterocycles. The lowest BCUT2D eigenvalue weighted by atomic mass is 9.79. The van der Waals surface area contributed by atoms with E-state index in [0.29, 0.717) is 11.6 Å². The van der Waals surface area contributed by atoms with E-state index in [4.69, 9.17) is 10.4 Å². The topological polar surface area (TPSA) is 104 Å². The van der Waals surface area contributed by atoms with E-state index < -0.39 is 0 Å². The first-order valence-electron chi connectivity index (χ1n) is 10.2. The Bertz CT molecular complexity index is 1020. The van der Waals surface area contributed by atoms with Crippen LogP contribution in [0.4, 0.5) is 10.9 Å². The number of pyridine rings is 2. The second-order valence-corrected chi connectivity index (χ2v) is 9.09. The molecule has 29 heavy (non-hydrogen) atoms. The number of hydrogen-bond donors (Lipinski definition) is 3. The van der Waals surface area contributed by atoms with Crippen molar-refractivity contribution in [3.05, 3.63) is 35.0 Å². The summed E-state index contributed by atoms with van der Waals surface area (Å²) in [7, 11) is 2.03. The molecule has 0 aliphatic heterocycles. The van der Waals surface area contributed by atoms with Crippen LogP contribution >= 0.6 is 11.3 Å². The Morgan fingerprint density at radius 1 is 1.28 bits per heavy atom. The predicted octanol–water partition coefficient (Wildman–Crippen LogP) is 3.37. The van der Waals surface area contributed by atoms with Crippen molar-refractivity contribution in [3.63, 3.8) is 0 Å². The van der Waals surface area contributed by atoms with Crippen LogP contribution in [-0.2, 0) is 5.41 Å². The van der Waals surface area contributed by atoms with Gasteiger partial charge in [0.25, 0.3) is 0 Å². The highest BCUT2D eigenvalue weighted by atomic mass is 32.1. The molecule has 1 aliphatic rings. The second kappa shape index (κ2) is 8.12. The fourth-order valence-corrected chi connectivity index (χ4v) is 4.93. The standard InChI is InChI=1S/C21H27N7S/c1-13(22)21(2,12-23-3)15-10-17-16(24-11-15)8-9-18(25-17)26-20-28-27-19(29-20)14-6-4-5-7-14/h8-11,14,22-23H,4-7,12H2,1-3H3,(H,25,26,28)/p+1. The fraction of sp³-hybridized carbons (Fsp3) is 0.476. The van der Waals surface area contributed by atoms with Crippen LogP contribution in [0.1, 0.15) is 56.0 Å². The Labute approximate surface area is 174 Å². The van der Waals surface area contributed by atoms with Crippen LogP contribution in [0.5, 0.6) is 0 Å². The highest BCUT2D eigenvalue weighted by Gasteiger charge is 2.31. The molecule has 3 aromatic heterocycles. The van der Waals surface area contributed by atoms with Gasteiger partial charge < -0.3 is 16.0 Å². The van der Waals surface area contributed by atoms with Crippen molar-refractivity contribution in [1.29, 1.82) is 5.41 Å². The summed E-state index contributed by atoms with van der Waals surface area (Å²) in [5.41, 5.74) is 2.93. The van der Waals surface area contributed by atoms with Gasteiger partial charge in [-0.05, 0) is 50.5 Å². The number of anilines is 2. The Morgan fingerprint density at radius 3 is 2.79 bits per heavy atom. The Hall–Kier alpha value is -2.45. The summed E-state index contributed by atoms with van der Waals surface area (Å²) in [4.78, 5) is 9.35. The number of nitrogens with one attached hydrogen (secondary N) is 2. The van der Waals surface area contributed by atoms with Gasteiger partial charge in [0.15, 0.2) is 0 Å². The summed E-state index contributed by atoms with van der Waals surface area (Å²) in [6, 6.07) is 5.94. The molecule has 7 nitrogen and oxygen atoms in total. The molecule has 0 amide bonds. The first-order valence-corrected chi connectivity index (χ1v) is 11.0. The van der Waals surface area contributed by atoms with Gasteiger partial charge in [0, 0.05) is 17.8 Å². The third-order valence-corrected chi connectivity index (χ3v) is 7.00. The van der Waals surface area contributed by atoms with Gasteiger partial charge in [-0.25, -0.2) is 4.98 Å². The Balaban J connectivity index is 1.60. The molecule has 8 heteroatoms. The quantitative estimate of drug-likeness (QED) is 0.518. The van der Waals surface area contributed by atoms with Gasteiger partial charge in [0.1, 0.15) is 10.8 Å². The van der Waals surface area contributed by atoms with Crippen LogP contribution in [0.15, 0.2) is 24.4 Å². The van der Waals surface area contributed by atoms with E-state index in [1.807, 2.05) is 32.3 Å². The number of rotatable bonds is 7. The molecule has 4 rings (SSSR count). The van der Waals surface area contributed by atoms with Crippen molar-refractivity contribution in [2.24, 2.45) is 0 Å². The molecule has 1 atom stereocenters. The normalized spacial score (nSPS) is 16.8. The van der Waals surface area contributed by atoms with E-state index in [0.717, 1.165) is 39.1 Å². The number of nitrogens with two attached hydrogens (primary N) is 1. The largest absolute Gasteiger partial charge is 0.348 e. The van der Waals surface area contributed by atoms with E-state index in [2.05, 4.69) is 38.8 Å². The molecule has 4 N–H and O–H groups in total. The number of fused-ring (bicyclic) bond motifs is 1. The molecule has 3 aromatic rings. The van der Waals surface area contributed by atoms with Gasteiger partial charge >= 0.3 is 0 Å². The third-order valence-electron chi connectivity index (χ3n) is 5.99. The highest BCUT2D eigenvalue weighted by Crippen LogP contribution is 2.37. The molecule has 1 unspecified atom stereocenters. The minimum absolute atomic E-state index is 0.365. The van der Waals surface area contributed by atoms with Crippen molar-refractivity contribution in [1.82, 2.24) is 20.2 Å². The van der Waals surface area contributed by atoms with Gasteiger partial charge in [-0.1, -0.05) is 24.2 Å². The molecular formula is C21H28N7S+. The monoisotopic (exact) mass is 410 g/mol. The molecule has 1 saturated carbocycles. The minimum Gasteiger partial charge on any atom is -0.348 e. The smallest absolute Gasteiger partial charge is 0.211 e. The Morgan fingerprint density at radius 2 is 2.07 bits per heavy atom. The molecule has 3 heterocycles. The predicted molar refractivity (Wildman–Crippen MR) is 117 cm³/mol. The number of aromatic nitrogens is 4. The lowest BCUT2D eigenvalue weighted by Crippen LogP contribution is -2.84. The maximum absolute atomic E-state index is 8.27. The van der Waals surface area contributed by atoms with Gasteiger partial charge in [0.2, 0.25) is 5.13 Å². The molecule has 1 fully saturated rings. The number of quaternary nitrogens is 1. The summed E-state index contributed by atoms with van der Waals surface area (Å²) >= 11 is 1.63. The molecule has 0 bridgehead atoms. The van der Waals surface area contributed by atoms with Crippen LogP contribution in [-0.4, -0.2) is 39.5 Å². The molecule has 0 aromatic carbocycles. The van der Waals surface area contributed by atoms with Crippen LogP contribution in [0.2, 0.25) is 0 Å². The number of likely N-dealkylation sites (N-methyl/N-ethyl adjacent to an activating group) is 1. The Kier molecular flexibility index (Phi) is 5.56. The van der Waals surface area contributed by atoms with Crippen molar-refractivity contribution in [3.8, 4) is 0 Å². The molecule has 152 valence electrons. The van der Waals surface area contributed by atoms with E-state index in [-0.39, 0.29) is 5.41 Å². The maximum atomic E-state index is 8.27. The number of nitrogens with zero attached hydrogens (tertiary/aromatic N) is 4. The van der Waals surface area contributed by atoms with Crippen LogP contribution in [0.3, 0.4) is 0 Å². The molecule has 0 spiro atoms. The zero-order valence-electron chi connectivity index (χ0n) is 17.2. The summed E-state index contributed by atoms with van der Waals surface area (Å²) in [6.45, 7) is 4.74. The zero-order chi connectivity index (χ0) is 20.4. The van der Waals surface area contributed by atoms with Crippen molar-refractivity contribution in [2.45, 2.75) is 50.9 Å². The second-order valence-electron chi connectivity index (χ2n) is 8.08. The summed E-state index contributed by atoms with van der Waals surface area (Å²) < 4.78 is 0. The van der Waals surface area contributed by atoms with Gasteiger partial charge in [-0.2, -0.15) is 0 Å². The molecular weight excluding hydrogens is 382 g/mol. The van der Waals surface area contributed by atoms with Crippen molar-refractivity contribution >= 4 is 39.0 Å². The maximum Gasteiger partial charge on any atom is 0.211 e. The minimum atomic E-state index is -0.365. The summed E-state index contributed by atoms with van der Waals surface area (Å²) in [5, 5.41) is 24.3. The van der Waals surface area contributed by atoms with Gasteiger partial charge in [-0.15, -0.1) is 10.2 Å². The van der Waals surface area contributed by atoms with Gasteiger partial charge in [0.05, 0.1) is 30.0 Å². The fourth-order valence-electron chi connectivity index (χ4n) is 4.01. The van der Waals surface area contributed by atoms with Crippen molar-refractivity contribution < 1.29 is 5.32 Å². The summed E-state index contributed by atoms with van der Waals surface area (Å²) in [5.74, 6) is 1.30. The first kappa shape index (κ1) is 19.8. The zero-order valence-corrected chi connectivity index (χ0v) is 18.0. The number of hydrogen-bond acceptors (Lipinski definition) is 7. The van der Waals surface area contributed by atoms with E-state index in [1.165, 1.54) is 25.7 Å². The summed E-state index contributed by atoms with van der Waals surface area (Å²) in [6.07, 6.45) is 6.89. The van der Waals surface area contributed by atoms with E-state index >= 15 is 0 Å². The third kappa shape index (κ3) is 4.00. The van der Waals surface area contributed by atoms with Crippen LogP contribution in [0, 0.1) is 5.41 Å². The van der Waals surface area contributed by atoms with Crippen molar-refractivity contribution in [2.75, 3.05) is 18.9 Å². The van der Waals surface area contributed by atoms with Crippen LogP contribution < -0.4 is 10.6 Å². The van der Waals surface area contributed by atoms with Crippen LogP contribution in [0.25, 0.3) is 11.0 Å². The average molecular weight is 411 g/mol. The SMILES string of the molecule is C[NH2+]CC(C)(C(C)=N)c1cnc2ccc(Nc3nnc(C4CCCC4)s3)nc2c1. The van der Waals surface area contributed by atoms with Gasteiger partial charge in [-0.3, -0.25) is 4.98 Å². The molecule has 1 aliphatic carbocycles.